The summed E-state index contributed by atoms with van der Waals surface area (Å²) in [6, 6.07) is 0. The van der Waals surface area contributed by atoms with Crippen molar-refractivity contribution in [3.8, 4) is 0 Å². The molecule has 0 heterocycles. The molecule has 1 heteroatoms. The topological polar surface area (TPSA) is 20.2 Å². The highest BCUT2D eigenvalue weighted by Crippen LogP contribution is 2.15. The Hall–Kier alpha value is -0.0400. The minimum Gasteiger partial charge on any atom is -0.396 e. The first kappa shape index (κ1) is 18.0. The van der Waals surface area contributed by atoms with Gasteiger partial charge in [-0.1, -0.05) is 90.9 Å². The zero-order chi connectivity index (χ0) is 13.5. The van der Waals surface area contributed by atoms with E-state index >= 15 is 0 Å². The van der Waals surface area contributed by atoms with Gasteiger partial charge in [0, 0.05) is 6.61 Å². The van der Waals surface area contributed by atoms with Gasteiger partial charge in [0.2, 0.25) is 0 Å². The summed E-state index contributed by atoms with van der Waals surface area (Å²) in [6.07, 6.45) is 17.9. The molecule has 18 heavy (non-hydrogen) atoms. The fourth-order valence-corrected chi connectivity index (χ4v) is 2.52. The molecule has 0 rings (SSSR count). The summed E-state index contributed by atoms with van der Waals surface area (Å²) < 4.78 is 0. The Morgan fingerprint density at radius 2 is 1.11 bits per heavy atom. The summed E-state index contributed by atoms with van der Waals surface area (Å²) >= 11 is 0. The molecule has 0 spiro atoms. The summed E-state index contributed by atoms with van der Waals surface area (Å²) in [5, 5.41) is 8.81. The smallest absolute Gasteiger partial charge is 0.0433 e. The van der Waals surface area contributed by atoms with Gasteiger partial charge < -0.3 is 5.11 Å². The summed E-state index contributed by atoms with van der Waals surface area (Å²) in [7, 11) is 0. The van der Waals surface area contributed by atoms with E-state index in [4.69, 9.17) is 5.11 Å². The molecule has 0 aromatic carbocycles. The number of unbranched alkanes of at least 4 members (excludes halogenated alkanes) is 10. The predicted octanol–water partition coefficient (Wildman–Crippen LogP) is 5.71. The first-order valence-corrected chi connectivity index (χ1v) is 8.42. The van der Waals surface area contributed by atoms with E-state index in [0.717, 1.165) is 6.42 Å². The van der Waals surface area contributed by atoms with E-state index in [1.54, 1.807) is 0 Å². The van der Waals surface area contributed by atoms with Crippen LogP contribution in [0.4, 0.5) is 0 Å². The highest BCUT2D eigenvalue weighted by atomic mass is 16.3. The van der Waals surface area contributed by atoms with Crippen molar-refractivity contribution in [2.24, 2.45) is 5.92 Å². The van der Waals surface area contributed by atoms with E-state index in [0.29, 0.717) is 12.5 Å². The van der Waals surface area contributed by atoms with Crippen LogP contribution in [0.15, 0.2) is 0 Å². The largest absolute Gasteiger partial charge is 0.396 e. The molecule has 1 atom stereocenters. The lowest BCUT2D eigenvalue weighted by Gasteiger charge is -2.08. The van der Waals surface area contributed by atoms with Crippen molar-refractivity contribution in [2.75, 3.05) is 6.61 Å². The lowest BCUT2D eigenvalue weighted by Crippen LogP contribution is -1.97. The van der Waals surface area contributed by atoms with Crippen LogP contribution in [0.1, 0.15) is 97.3 Å². The Bertz CT molecular complexity index is 145. The van der Waals surface area contributed by atoms with Crippen molar-refractivity contribution in [2.45, 2.75) is 97.3 Å². The molecule has 1 N–H and O–H groups in total. The normalized spacial score (nSPS) is 12.8. The number of rotatable bonds is 14. The average Bonchev–Trinajstić information content (AvgIpc) is 2.36. The molecule has 0 amide bonds. The van der Waals surface area contributed by atoms with Gasteiger partial charge >= 0.3 is 0 Å². The van der Waals surface area contributed by atoms with Crippen molar-refractivity contribution in [1.29, 1.82) is 0 Å². The molecule has 0 fully saturated rings. The standard InChI is InChI=1S/C17H36O/c1-3-4-5-6-7-8-9-10-11-12-13-14-17(2)15-16-18/h17-18H,3-16H2,1-2H3. The van der Waals surface area contributed by atoms with E-state index in [9.17, 15) is 0 Å². The monoisotopic (exact) mass is 256 g/mol. The number of hydrogen-bond donors (Lipinski definition) is 1. The predicted molar refractivity (Wildman–Crippen MR) is 81.9 cm³/mol. The molecule has 0 saturated carbocycles. The molecule has 0 aromatic rings. The molecule has 0 aliphatic heterocycles. The van der Waals surface area contributed by atoms with Crippen molar-refractivity contribution >= 4 is 0 Å². The molecule has 1 unspecified atom stereocenters. The van der Waals surface area contributed by atoms with Gasteiger partial charge in [-0.25, -0.2) is 0 Å². The molecular weight excluding hydrogens is 220 g/mol. The van der Waals surface area contributed by atoms with Crippen LogP contribution < -0.4 is 0 Å². The fourth-order valence-electron chi connectivity index (χ4n) is 2.52. The van der Waals surface area contributed by atoms with Crippen LogP contribution in [0.5, 0.6) is 0 Å². The molecule has 0 bridgehead atoms. The van der Waals surface area contributed by atoms with E-state index in [1.165, 1.54) is 77.0 Å². The molecule has 0 aliphatic carbocycles. The van der Waals surface area contributed by atoms with Gasteiger partial charge in [-0.2, -0.15) is 0 Å². The second kappa shape index (κ2) is 15.0. The second-order valence-electron chi connectivity index (χ2n) is 5.94. The van der Waals surface area contributed by atoms with Crippen molar-refractivity contribution in [3.05, 3.63) is 0 Å². The maximum atomic E-state index is 8.81. The summed E-state index contributed by atoms with van der Waals surface area (Å²) in [4.78, 5) is 0. The fraction of sp³-hybridized carbons (Fsp3) is 1.00. The van der Waals surface area contributed by atoms with E-state index in [-0.39, 0.29) is 0 Å². The van der Waals surface area contributed by atoms with Crippen LogP contribution >= 0.6 is 0 Å². The van der Waals surface area contributed by atoms with Crippen LogP contribution in [0.25, 0.3) is 0 Å². The Labute approximate surface area is 115 Å². The third-order valence-electron chi connectivity index (χ3n) is 3.92. The molecule has 0 aliphatic rings. The average molecular weight is 256 g/mol. The lowest BCUT2D eigenvalue weighted by atomic mass is 9.99. The maximum absolute atomic E-state index is 8.81. The maximum Gasteiger partial charge on any atom is 0.0433 e. The SMILES string of the molecule is CCCCCCCCCCCCCC(C)CCO. The minimum atomic E-state index is 0.360. The van der Waals surface area contributed by atoms with Gasteiger partial charge in [0.1, 0.15) is 0 Å². The zero-order valence-corrected chi connectivity index (χ0v) is 12.9. The molecule has 0 saturated heterocycles. The number of hydrogen-bond acceptors (Lipinski definition) is 1. The first-order valence-electron chi connectivity index (χ1n) is 8.42. The zero-order valence-electron chi connectivity index (χ0n) is 12.9. The summed E-state index contributed by atoms with van der Waals surface area (Å²) in [5.41, 5.74) is 0. The van der Waals surface area contributed by atoms with Crippen LogP contribution in [0.3, 0.4) is 0 Å². The summed E-state index contributed by atoms with van der Waals surface area (Å²) in [5.74, 6) is 0.716. The second-order valence-corrected chi connectivity index (χ2v) is 5.94. The molecule has 110 valence electrons. The van der Waals surface area contributed by atoms with Gasteiger partial charge in [0.05, 0.1) is 0 Å². The third-order valence-corrected chi connectivity index (χ3v) is 3.92. The van der Waals surface area contributed by atoms with Gasteiger partial charge in [0.15, 0.2) is 0 Å². The van der Waals surface area contributed by atoms with Crippen molar-refractivity contribution in [1.82, 2.24) is 0 Å². The quantitative estimate of drug-likeness (QED) is 0.395. The van der Waals surface area contributed by atoms with Crippen LogP contribution in [0.2, 0.25) is 0 Å². The van der Waals surface area contributed by atoms with Crippen LogP contribution in [-0.4, -0.2) is 11.7 Å². The van der Waals surface area contributed by atoms with Gasteiger partial charge in [-0.15, -0.1) is 0 Å². The highest BCUT2D eigenvalue weighted by molar-refractivity contribution is 4.53. The Balaban J connectivity index is 2.98. The molecule has 0 aromatic heterocycles. The van der Waals surface area contributed by atoms with E-state index < -0.39 is 0 Å². The van der Waals surface area contributed by atoms with Crippen molar-refractivity contribution < 1.29 is 5.11 Å². The van der Waals surface area contributed by atoms with Crippen LogP contribution in [-0.2, 0) is 0 Å². The first-order chi connectivity index (χ1) is 8.81. The van der Waals surface area contributed by atoms with Gasteiger partial charge in [0.25, 0.3) is 0 Å². The highest BCUT2D eigenvalue weighted by Gasteiger charge is 2.00. The number of aliphatic hydroxyl groups is 1. The minimum absolute atomic E-state index is 0.360. The van der Waals surface area contributed by atoms with E-state index in [2.05, 4.69) is 13.8 Å². The number of aliphatic hydroxyl groups excluding tert-OH is 1. The van der Waals surface area contributed by atoms with Gasteiger partial charge in [-0.3, -0.25) is 0 Å². The molecule has 1 nitrogen and oxygen atoms in total. The Morgan fingerprint density at radius 1 is 0.667 bits per heavy atom. The lowest BCUT2D eigenvalue weighted by molar-refractivity contribution is 0.256. The third kappa shape index (κ3) is 14.0. The van der Waals surface area contributed by atoms with Gasteiger partial charge in [-0.05, 0) is 12.3 Å². The van der Waals surface area contributed by atoms with Crippen molar-refractivity contribution in [3.63, 3.8) is 0 Å². The Morgan fingerprint density at radius 3 is 1.56 bits per heavy atom. The van der Waals surface area contributed by atoms with Crippen LogP contribution in [0, 0.1) is 5.92 Å². The summed E-state index contributed by atoms with van der Waals surface area (Å²) in [6.45, 7) is 4.90. The van der Waals surface area contributed by atoms with E-state index in [1.807, 2.05) is 0 Å². The Kier molecular flexibility index (Phi) is 15.0. The molecular formula is C17H36O. The molecule has 0 radical (unpaired) electrons.